The van der Waals surface area contributed by atoms with Gasteiger partial charge in [-0.25, -0.2) is 8.42 Å². The number of nitrogens with zero attached hydrogens (tertiary/aromatic N) is 1. The van der Waals surface area contributed by atoms with Crippen LogP contribution in [-0.4, -0.2) is 44.9 Å². The number of ether oxygens (including phenoxy) is 1. The van der Waals surface area contributed by atoms with Gasteiger partial charge in [0.2, 0.25) is 5.91 Å². The molecule has 0 spiro atoms. The van der Waals surface area contributed by atoms with Crippen LogP contribution in [0, 0.1) is 12.8 Å². The maximum absolute atomic E-state index is 12.7. The number of hydrogen-bond acceptors (Lipinski definition) is 5. The van der Waals surface area contributed by atoms with Gasteiger partial charge in [0.05, 0.1) is 12.5 Å². The molecule has 8 heteroatoms. The Hall–Kier alpha value is -1.90. The summed E-state index contributed by atoms with van der Waals surface area (Å²) in [6.45, 7) is 3.42. The van der Waals surface area contributed by atoms with Gasteiger partial charge >= 0.3 is 0 Å². The molecule has 2 aromatic rings. The minimum Gasteiger partial charge on any atom is -0.491 e. The normalized spacial score (nSPS) is 18.2. The second-order valence-electron chi connectivity index (χ2n) is 6.54. The maximum atomic E-state index is 12.7. The van der Waals surface area contributed by atoms with Gasteiger partial charge in [-0.2, -0.15) is 4.31 Å². The van der Waals surface area contributed by atoms with Crippen molar-refractivity contribution < 1.29 is 17.9 Å². The molecule has 1 aromatic heterocycles. The van der Waals surface area contributed by atoms with Gasteiger partial charge in [-0.15, -0.1) is 11.3 Å². The molecule has 1 aromatic carbocycles. The number of para-hydroxylation sites is 1. The zero-order chi connectivity index (χ0) is 19.3. The molecule has 146 valence electrons. The Bertz CT molecular complexity index is 866. The first-order chi connectivity index (χ1) is 13.0. The summed E-state index contributed by atoms with van der Waals surface area (Å²) in [6, 6.07) is 11.0. The summed E-state index contributed by atoms with van der Waals surface area (Å²) < 4.78 is 32.7. The lowest BCUT2D eigenvalue weighted by molar-refractivity contribution is -0.126. The molecule has 2 heterocycles. The largest absolute Gasteiger partial charge is 0.491 e. The second-order valence-corrected chi connectivity index (χ2v) is 9.65. The van der Waals surface area contributed by atoms with Gasteiger partial charge in [-0.05, 0) is 42.8 Å². The van der Waals surface area contributed by atoms with Crippen molar-refractivity contribution in [2.45, 2.75) is 24.0 Å². The third-order valence-electron chi connectivity index (χ3n) is 4.60. The van der Waals surface area contributed by atoms with E-state index in [1.54, 1.807) is 17.5 Å². The van der Waals surface area contributed by atoms with Crippen molar-refractivity contribution in [3.8, 4) is 5.75 Å². The smallest absolute Gasteiger partial charge is 0.252 e. The van der Waals surface area contributed by atoms with Crippen LogP contribution in [0.15, 0.2) is 46.0 Å². The number of sulfonamides is 1. The van der Waals surface area contributed by atoms with Crippen LogP contribution in [-0.2, 0) is 14.8 Å². The van der Waals surface area contributed by atoms with E-state index in [1.165, 1.54) is 15.6 Å². The van der Waals surface area contributed by atoms with E-state index in [-0.39, 0.29) is 18.4 Å². The molecule has 1 saturated heterocycles. The first kappa shape index (κ1) is 19.9. The zero-order valence-corrected chi connectivity index (χ0v) is 16.9. The Morgan fingerprint density at radius 2 is 2.11 bits per heavy atom. The summed E-state index contributed by atoms with van der Waals surface area (Å²) >= 11 is 1.20. The highest BCUT2D eigenvalue weighted by molar-refractivity contribution is 7.91. The van der Waals surface area contributed by atoms with E-state index in [0.717, 1.165) is 11.3 Å². The van der Waals surface area contributed by atoms with Crippen molar-refractivity contribution in [2.24, 2.45) is 5.92 Å². The summed E-state index contributed by atoms with van der Waals surface area (Å²) in [5.74, 6) is 0.360. The molecular weight excluding hydrogens is 384 g/mol. The van der Waals surface area contributed by atoms with E-state index in [2.05, 4.69) is 5.32 Å². The van der Waals surface area contributed by atoms with Crippen molar-refractivity contribution in [2.75, 3.05) is 26.2 Å². The molecule has 3 rings (SSSR count). The van der Waals surface area contributed by atoms with Crippen LogP contribution in [0.5, 0.6) is 5.75 Å². The summed E-state index contributed by atoms with van der Waals surface area (Å²) in [6.07, 6.45) is 1.38. The van der Waals surface area contributed by atoms with Crippen LogP contribution in [0.25, 0.3) is 0 Å². The number of carbonyl (C=O) groups excluding carboxylic acids is 1. The Kier molecular flexibility index (Phi) is 6.51. The fourth-order valence-corrected chi connectivity index (χ4v) is 5.78. The predicted octanol–water partition coefficient (Wildman–Crippen LogP) is 2.65. The molecule has 27 heavy (non-hydrogen) atoms. The quantitative estimate of drug-likeness (QED) is 0.715. The number of nitrogens with one attached hydrogen (secondary N) is 1. The summed E-state index contributed by atoms with van der Waals surface area (Å²) in [7, 11) is -3.50. The number of piperidine rings is 1. The van der Waals surface area contributed by atoms with Gasteiger partial charge in [0.25, 0.3) is 10.0 Å². The van der Waals surface area contributed by atoms with Crippen molar-refractivity contribution in [3.63, 3.8) is 0 Å². The molecule has 0 bridgehead atoms. The Labute approximate surface area is 164 Å². The molecule has 1 aliphatic rings. The topological polar surface area (TPSA) is 75.7 Å². The highest BCUT2D eigenvalue weighted by Gasteiger charge is 2.33. The number of hydrogen-bond donors (Lipinski definition) is 1. The lowest BCUT2D eigenvalue weighted by Gasteiger charge is -2.30. The summed E-state index contributed by atoms with van der Waals surface area (Å²) in [5, 5.41) is 4.61. The van der Waals surface area contributed by atoms with Gasteiger partial charge in [0.15, 0.2) is 0 Å². The van der Waals surface area contributed by atoms with Crippen LogP contribution in [0.2, 0.25) is 0 Å². The number of thiophene rings is 1. The number of carbonyl (C=O) groups is 1. The van der Waals surface area contributed by atoms with E-state index in [1.807, 2.05) is 31.2 Å². The molecule has 1 fully saturated rings. The van der Waals surface area contributed by atoms with Gasteiger partial charge in [0.1, 0.15) is 16.6 Å². The van der Waals surface area contributed by atoms with Gasteiger partial charge in [-0.3, -0.25) is 4.79 Å². The van der Waals surface area contributed by atoms with Gasteiger partial charge in [-0.1, -0.05) is 24.3 Å². The highest BCUT2D eigenvalue weighted by atomic mass is 32.2. The molecule has 1 N–H and O–H groups in total. The minimum atomic E-state index is -3.50. The van der Waals surface area contributed by atoms with Crippen LogP contribution >= 0.6 is 11.3 Å². The van der Waals surface area contributed by atoms with Crippen molar-refractivity contribution in [3.05, 3.63) is 47.3 Å². The zero-order valence-electron chi connectivity index (χ0n) is 15.3. The fourth-order valence-electron chi connectivity index (χ4n) is 3.11. The molecule has 1 atom stereocenters. The van der Waals surface area contributed by atoms with Crippen LogP contribution < -0.4 is 10.1 Å². The SMILES string of the molecule is Cc1ccccc1OCCNC(=O)C1CCCN(S(=O)(=O)c2cccs2)C1. The van der Waals surface area contributed by atoms with E-state index in [4.69, 9.17) is 4.74 Å². The molecule has 6 nitrogen and oxygen atoms in total. The molecule has 1 unspecified atom stereocenters. The third-order valence-corrected chi connectivity index (χ3v) is 7.83. The van der Waals surface area contributed by atoms with Crippen molar-refractivity contribution >= 4 is 27.3 Å². The van der Waals surface area contributed by atoms with E-state index in [9.17, 15) is 13.2 Å². The van der Waals surface area contributed by atoms with Gasteiger partial charge < -0.3 is 10.1 Å². The molecule has 1 aliphatic heterocycles. The van der Waals surface area contributed by atoms with E-state index >= 15 is 0 Å². The molecule has 0 aliphatic carbocycles. The Balaban J connectivity index is 1.49. The standard InChI is InChI=1S/C19H24N2O4S2/c1-15-6-2-3-8-17(15)25-12-10-20-19(22)16-7-4-11-21(14-16)27(23,24)18-9-5-13-26-18/h2-3,5-6,8-9,13,16H,4,7,10-12,14H2,1H3,(H,20,22). The summed E-state index contributed by atoms with van der Waals surface area (Å²) in [5.41, 5.74) is 1.05. The highest BCUT2D eigenvalue weighted by Crippen LogP contribution is 2.26. The molecular formula is C19H24N2O4S2. The number of aryl methyl sites for hydroxylation is 1. The Morgan fingerprint density at radius 1 is 1.30 bits per heavy atom. The number of benzene rings is 1. The lowest BCUT2D eigenvalue weighted by Crippen LogP contribution is -2.45. The molecule has 0 radical (unpaired) electrons. The van der Waals surface area contributed by atoms with Crippen LogP contribution in [0.4, 0.5) is 0 Å². The third kappa shape index (κ3) is 4.88. The van der Waals surface area contributed by atoms with Gasteiger partial charge in [0, 0.05) is 13.1 Å². The number of rotatable bonds is 7. The fraction of sp³-hybridized carbons (Fsp3) is 0.421. The average molecular weight is 409 g/mol. The van der Waals surface area contributed by atoms with E-state index in [0.29, 0.717) is 36.7 Å². The van der Waals surface area contributed by atoms with Crippen molar-refractivity contribution in [1.82, 2.24) is 9.62 Å². The number of amides is 1. The monoisotopic (exact) mass is 408 g/mol. The molecule has 1 amide bonds. The van der Waals surface area contributed by atoms with Crippen LogP contribution in [0.3, 0.4) is 0 Å². The first-order valence-corrected chi connectivity index (χ1v) is 11.3. The minimum absolute atomic E-state index is 0.116. The lowest BCUT2D eigenvalue weighted by atomic mass is 9.99. The first-order valence-electron chi connectivity index (χ1n) is 8.98. The average Bonchev–Trinajstić information content (AvgIpc) is 3.22. The summed E-state index contributed by atoms with van der Waals surface area (Å²) in [4.78, 5) is 12.4. The Morgan fingerprint density at radius 3 is 2.85 bits per heavy atom. The van der Waals surface area contributed by atoms with E-state index < -0.39 is 10.0 Å². The molecule has 0 saturated carbocycles. The van der Waals surface area contributed by atoms with Crippen LogP contribution in [0.1, 0.15) is 18.4 Å². The second kappa shape index (κ2) is 8.86. The maximum Gasteiger partial charge on any atom is 0.252 e. The van der Waals surface area contributed by atoms with Crippen molar-refractivity contribution in [1.29, 1.82) is 0 Å². The predicted molar refractivity (Wildman–Crippen MR) is 105 cm³/mol.